The Hall–Kier alpha value is -1.29. The molecular weight excluding hydrogens is 209 g/mol. The number of hydrogen-bond donors (Lipinski definition) is 1. The van der Waals surface area contributed by atoms with E-state index < -0.39 is 11.4 Å². The van der Waals surface area contributed by atoms with E-state index in [1.165, 1.54) is 20.3 Å². The van der Waals surface area contributed by atoms with Crippen molar-refractivity contribution >= 4 is 0 Å². The monoisotopic (exact) mass is 227 g/mol. The van der Waals surface area contributed by atoms with Gasteiger partial charge in [-0.3, -0.25) is 0 Å². The Balaban J connectivity index is 3.59. The Labute approximate surface area is 95.4 Å². The maximum atomic E-state index is 13.6. The van der Waals surface area contributed by atoms with Crippen LogP contribution in [0.2, 0.25) is 0 Å². The fourth-order valence-electron chi connectivity index (χ4n) is 1.91. The number of rotatable bonds is 3. The number of aryl methyl sites for hydroxylation is 1. The van der Waals surface area contributed by atoms with Crippen molar-refractivity contribution in [2.45, 2.75) is 26.3 Å². The molecule has 2 N–H and O–H groups in total. The van der Waals surface area contributed by atoms with Gasteiger partial charge in [-0.1, -0.05) is 0 Å². The van der Waals surface area contributed by atoms with Gasteiger partial charge in [0, 0.05) is 11.1 Å². The highest BCUT2D eigenvalue weighted by Crippen LogP contribution is 2.40. The van der Waals surface area contributed by atoms with Crippen molar-refractivity contribution in [1.29, 1.82) is 0 Å². The van der Waals surface area contributed by atoms with E-state index in [2.05, 4.69) is 0 Å². The van der Waals surface area contributed by atoms with Crippen LogP contribution < -0.4 is 15.2 Å². The third-order valence-corrected chi connectivity index (χ3v) is 2.44. The zero-order valence-electron chi connectivity index (χ0n) is 10.3. The van der Waals surface area contributed by atoms with E-state index >= 15 is 0 Å². The van der Waals surface area contributed by atoms with E-state index in [-0.39, 0.29) is 5.75 Å². The number of benzene rings is 1. The second-order valence-electron chi connectivity index (χ2n) is 4.34. The van der Waals surface area contributed by atoms with Gasteiger partial charge in [0.25, 0.3) is 0 Å². The van der Waals surface area contributed by atoms with Gasteiger partial charge >= 0.3 is 0 Å². The normalized spacial score (nSPS) is 11.4. The summed E-state index contributed by atoms with van der Waals surface area (Å²) in [5, 5.41) is 0. The summed E-state index contributed by atoms with van der Waals surface area (Å²) < 4.78 is 23.8. The van der Waals surface area contributed by atoms with Gasteiger partial charge in [0.1, 0.15) is 0 Å². The molecule has 0 fully saturated rings. The number of hydrogen-bond acceptors (Lipinski definition) is 3. The first-order valence-electron chi connectivity index (χ1n) is 5.03. The quantitative estimate of drug-likeness (QED) is 0.862. The summed E-state index contributed by atoms with van der Waals surface area (Å²) in [4.78, 5) is 0. The molecule has 1 aromatic carbocycles. The molecule has 0 aliphatic rings. The topological polar surface area (TPSA) is 44.5 Å². The summed E-state index contributed by atoms with van der Waals surface area (Å²) >= 11 is 0. The molecule has 4 heteroatoms. The van der Waals surface area contributed by atoms with Crippen molar-refractivity contribution in [2.24, 2.45) is 5.73 Å². The van der Waals surface area contributed by atoms with Crippen molar-refractivity contribution < 1.29 is 13.9 Å². The van der Waals surface area contributed by atoms with Crippen LogP contribution in [-0.4, -0.2) is 14.2 Å². The number of halogens is 1. The smallest absolute Gasteiger partial charge is 0.197 e. The minimum absolute atomic E-state index is 0.0987. The SMILES string of the molecule is COc1c(F)cc(C)c(C(C)(C)N)c1OC. The molecule has 3 nitrogen and oxygen atoms in total. The Morgan fingerprint density at radius 1 is 1.19 bits per heavy atom. The molecular formula is C12H18FNO2. The van der Waals surface area contributed by atoms with E-state index in [9.17, 15) is 4.39 Å². The lowest BCUT2D eigenvalue weighted by atomic mass is 9.90. The van der Waals surface area contributed by atoms with Gasteiger partial charge in [0.2, 0.25) is 0 Å². The fraction of sp³-hybridized carbons (Fsp3) is 0.500. The van der Waals surface area contributed by atoms with E-state index in [4.69, 9.17) is 15.2 Å². The molecule has 0 aliphatic carbocycles. The lowest BCUT2D eigenvalue weighted by Crippen LogP contribution is -2.30. The highest BCUT2D eigenvalue weighted by molar-refractivity contribution is 5.54. The van der Waals surface area contributed by atoms with E-state index in [0.717, 1.165) is 11.1 Å². The summed E-state index contributed by atoms with van der Waals surface area (Å²) in [5.41, 5.74) is 6.95. The molecule has 0 aliphatic heterocycles. The number of ether oxygens (including phenoxy) is 2. The summed E-state index contributed by atoms with van der Waals surface area (Å²) in [5.74, 6) is 0.0268. The van der Waals surface area contributed by atoms with Crippen LogP contribution in [-0.2, 0) is 5.54 Å². The number of nitrogens with two attached hydrogens (primary N) is 1. The molecule has 1 rings (SSSR count). The zero-order valence-corrected chi connectivity index (χ0v) is 10.3. The van der Waals surface area contributed by atoms with Crippen molar-refractivity contribution in [3.05, 3.63) is 23.0 Å². The van der Waals surface area contributed by atoms with Crippen molar-refractivity contribution in [3.8, 4) is 11.5 Å². The first-order valence-corrected chi connectivity index (χ1v) is 5.03. The first-order chi connectivity index (χ1) is 7.32. The molecule has 0 spiro atoms. The van der Waals surface area contributed by atoms with Crippen LogP contribution in [0.5, 0.6) is 11.5 Å². The van der Waals surface area contributed by atoms with Gasteiger partial charge in [-0.25, -0.2) is 4.39 Å². The van der Waals surface area contributed by atoms with Crippen LogP contribution in [0.1, 0.15) is 25.0 Å². The van der Waals surface area contributed by atoms with E-state index in [1.54, 1.807) is 6.92 Å². The Morgan fingerprint density at radius 3 is 2.06 bits per heavy atom. The zero-order chi connectivity index (χ0) is 12.5. The van der Waals surface area contributed by atoms with Gasteiger partial charge in [0.15, 0.2) is 17.3 Å². The van der Waals surface area contributed by atoms with Gasteiger partial charge in [-0.05, 0) is 32.4 Å². The molecule has 0 bridgehead atoms. The highest BCUT2D eigenvalue weighted by Gasteiger charge is 2.26. The van der Waals surface area contributed by atoms with Crippen LogP contribution >= 0.6 is 0 Å². The molecule has 1 aromatic rings. The Morgan fingerprint density at radius 2 is 1.69 bits per heavy atom. The summed E-state index contributed by atoms with van der Waals surface area (Å²) in [6.07, 6.45) is 0. The fourth-order valence-corrected chi connectivity index (χ4v) is 1.91. The first kappa shape index (κ1) is 12.8. The predicted octanol–water partition coefficient (Wildman–Crippen LogP) is 2.35. The van der Waals surface area contributed by atoms with Gasteiger partial charge in [0.05, 0.1) is 14.2 Å². The van der Waals surface area contributed by atoms with Crippen molar-refractivity contribution in [2.75, 3.05) is 14.2 Å². The molecule has 0 heterocycles. The average molecular weight is 227 g/mol. The third kappa shape index (κ3) is 2.11. The maximum absolute atomic E-state index is 13.6. The molecule has 0 unspecified atom stereocenters. The van der Waals surface area contributed by atoms with Crippen LogP contribution in [0.3, 0.4) is 0 Å². The molecule has 16 heavy (non-hydrogen) atoms. The highest BCUT2D eigenvalue weighted by atomic mass is 19.1. The van der Waals surface area contributed by atoms with Crippen molar-refractivity contribution in [1.82, 2.24) is 0 Å². The third-order valence-electron chi connectivity index (χ3n) is 2.44. The van der Waals surface area contributed by atoms with Gasteiger partial charge in [-0.2, -0.15) is 0 Å². The van der Waals surface area contributed by atoms with E-state index in [1.807, 2.05) is 13.8 Å². The molecule has 90 valence electrons. The Kier molecular flexibility index (Phi) is 3.43. The molecule has 0 aromatic heterocycles. The maximum Gasteiger partial charge on any atom is 0.197 e. The van der Waals surface area contributed by atoms with E-state index in [0.29, 0.717) is 5.75 Å². The molecule has 0 amide bonds. The average Bonchev–Trinajstić information content (AvgIpc) is 2.14. The van der Waals surface area contributed by atoms with Crippen LogP contribution in [0.4, 0.5) is 4.39 Å². The van der Waals surface area contributed by atoms with Crippen molar-refractivity contribution in [3.63, 3.8) is 0 Å². The van der Waals surface area contributed by atoms with Crippen LogP contribution in [0.25, 0.3) is 0 Å². The second kappa shape index (κ2) is 4.29. The Bertz CT molecular complexity index is 397. The van der Waals surface area contributed by atoms with Gasteiger partial charge in [-0.15, -0.1) is 0 Å². The summed E-state index contributed by atoms with van der Waals surface area (Å²) in [6.45, 7) is 5.49. The molecule has 0 radical (unpaired) electrons. The predicted molar refractivity (Wildman–Crippen MR) is 61.5 cm³/mol. The molecule has 0 saturated carbocycles. The number of methoxy groups -OCH3 is 2. The molecule has 0 atom stereocenters. The minimum Gasteiger partial charge on any atom is -0.492 e. The van der Waals surface area contributed by atoms with Gasteiger partial charge < -0.3 is 15.2 Å². The summed E-state index contributed by atoms with van der Waals surface area (Å²) in [7, 11) is 2.88. The lowest BCUT2D eigenvalue weighted by molar-refractivity contribution is 0.327. The summed E-state index contributed by atoms with van der Waals surface area (Å²) in [6, 6.07) is 1.41. The lowest BCUT2D eigenvalue weighted by Gasteiger charge is -2.25. The molecule has 0 saturated heterocycles. The largest absolute Gasteiger partial charge is 0.492 e. The second-order valence-corrected chi connectivity index (χ2v) is 4.34. The van der Waals surface area contributed by atoms with Crippen LogP contribution in [0, 0.1) is 12.7 Å². The minimum atomic E-state index is -0.615. The standard InChI is InChI=1S/C12H18FNO2/c1-7-6-8(13)10(15-4)11(16-5)9(7)12(2,3)14/h6H,14H2,1-5H3. The van der Waals surface area contributed by atoms with Crippen LogP contribution in [0.15, 0.2) is 6.07 Å².